The molecule has 1 N–H and O–H groups in total. The lowest BCUT2D eigenvalue weighted by atomic mass is 10.1. The van der Waals surface area contributed by atoms with Crippen molar-refractivity contribution in [3.8, 4) is 16.2 Å². The van der Waals surface area contributed by atoms with Gasteiger partial charge in [-0.1, -0.05) is 42.5 Å². The number of amides is 1. The predicted molar refractivity (Wildman–Crippen MR) is 110 cm³/mol. The Balaban J connectivity index is 1.62. The summed E-state index contributed by atoms with van der Waals surface area (Å²) in [5, 5.41) is 2.94. The van der Waals surface area contributed by atoms with E-state index in [1.807, 2.05) is 48.5 Å². The van der Waals surface area contributed by atoms with Gasteiger partial charge in [0.15, 0.2) is 0 Å². The number of hydrogen-bond donors (Lipinski definition) is 1. The Bertz CT molecular complexity index is 948. The largest absolute Gasteiger partial charge is 0.495 e. The van der Waals surface area contributed by atoms with E-state index in [2.05, 4.69) is 10.1 Å². The summed E-state index contributed by atoms with van der Waals surface area (Å²) in [6, 6.07) is 18.9. The van der Waals surface area contributed by atoms with Crippen LogP contribution in [0, 0.1) is 0 Å². The number of ether oxygens (including phenoxy) is 2. The van der Waals surface area contributed by atoms with Gasteiger partial charge >= 0.3 is 5.97 Å². The molecular weight excluding hydrogens is 374 g/mol. The molecule has 0 aliphatic heterocycles. The van der Waals surface area contributed by atoms with Crippen LogP contribution in [-0.4, -0.2) is 32.6 Å². The second-order valence-electron chi connectivity index (χ2n) is 6.07. The molecule has 0 aliphatic carbocycles. The second kappa shape index (κ2) is 9.19. The molecule has 1 heterocycles. The topological polar surface area (TPSA) is 64.6 Å². The van der Waals surface area contributed by atoms with Crippen molar-refractivity contribution in [1.82, 2.24) is 5.32 Å². The zero-order chi connectivity index (χ0) is 19.9. The van der Waals surface area contributed by atoms with Gasteiger partial charge in [0.25, 0.3) is 5.91 Å². The fraction of sp³-hybridized carbons (Fsp3) is 0.182. The number of hydrogen-bond acceptors (Lipinski definition) is 5. The summed E-state index contributed by atoms with van der Waals surface area (Å²) >= 11 is 1.41. The third-order valence-corrected chi connectivity index (χ3v) is 5.42. The molecule has 1 amide bonds. The Kier molecular flexibility index (Phi) is 6.45. The van der Waals surface area contributed by atoms with Crippen molar-refractivity contribution < 1.29 is 19.1 Å². The Morgan fingerprint density at radius 2 is 1.71 bits per heavy atom. The number of benzene rings is 2. The summed E-state index contributed by atoms with van der Waals surface area (Å²) < 4.78 is 10.1. The van der Waals surface area contributed by atoms with Crippen LogP contribution in [-0.2, 0) is 11.2 Å². The summed E-state index contributed by atoms with van der Waals surface area (Å²) in [6.45, 7) is 0.484. The van der Waals surface area contributed by atoms with Crippen LogP contribution >= 0.6 is 11.3 Å². The highest BCUT2D eigenvalue weighted by atomic mass is 32.1. The molecule has 0 bridgehead atoms. The Morgan fingerprint density at radius 1 is 1.00 bits per heavy atom. The standard InChI is InChI=1S/C22H21NO4S/c1-26-18-14-19(16-6-4-3-5-7-16)28-20(18)21(24)23-13-12-15-8-10-17(11-9-15)22(25)27-2/h3-11,14H,12-13H2,1-2H3,(H,23,24). The summed E-state index contributed by atoms with van der Waals surface area (Å²) in [6.07, 6.45) is 0.659. The quantitative estimate of drug-likeness (QED) is 0.610. The van der Waals surface area contributed by atoms with Crippen LogP contribution in [0.3, 0.4) is 0 Å². The first-order valence-electron chi connectivity index (χ1n) is 8.81. The van der Waals surface area contributed by atoms with E-state index in [1.54, 1.807) is 19.2 Å². The second-order valence-corrected chi connectivity index (χ2v) is 7.12. The van der Waals surface area contributed by atoms with Crippen LogP contribution in [0.5, 0.6) is 5.75 Å². The van der Waals surface area contributed by atoms with Gasteiger partial charge in [-0.3, -0.25) is 4.79 Å². The molecule has 2 aromatic carbocycles. The van der Waals surface area contributed by atoms with Gasteiger partial charge in [0.2, 0.25) is 0 Å². The number of thiophene rings is 1. The van der Waals surface area contributed by atoms with Crippen molar-refractivity contribution in [2.75, 3.05) is 20.8 Å². The molecule has 0 saturated carbocycles. The van der Waals surface area contributed by atoms with Crippen LogP contribution in [0.2, 0.25) is 0 Å². The minimum Gasteiger partial charge on any atom is -0.495 e. The fourth-order valence-corrected chi connectivity index (χ4v) is 3.80. The van der Waals surface area contributed by atoms with Crippen molar-refractivity contribution in [2.24, 2.45) is 0 Å². The fourth-order valence-electron chi connectivity index (χ4n) is 2.75. The zero-order valence-electron chi connectivity index (χ0n) is 15.7. The van der Waals surface area contributed by atoms with Crippen molar-refractivity contribution >= 4 is 23.2 Å². The number of carbonyl (C=O) groups excluding carboxylic acids is 2. The van der Waals surface area contributed by atoms with E-state index < -0.39 is 0 Å². The number of esters is 1. The van der Waals surface area contributed by atoms with Gasteiger partial charge < -0.3 is 14.8 Å². The molecule has 3 rings (SSSR count). The zero-order valence-corrected chi connectivity index (χ0v) is 16.5. The van der Waals surface area contributed by atoms with Gasteiger partial charge in [0.05, 0.1) is 19.8 Å². The first-order chi connectivity index (χ1) is 13.6. The van der Waals surface area contributed by atoms with E-state index in [9.17, 15) is 9.59 Å². The maximum absolute atomic E-state index is 12.6. The summed E-state index contributed by atoms with van der Waals surface area (Å²) in [5.41, 5.74) is 2.58. The smallest absolute Gasteiger partial charge is 0.337 e. The molecule has 0 saturated heterocycles. The summed E-state index contributed by atoms with van der Waals surface area (Å²) in [5.74, 6) is 0.0536. The minimum atomic E-state index is -0.362. The lowest BCUT2D eigenvalue weighted by molar-refractivity contribution is 0.0600. The van der Waals surface area contributed by atoms with Crippen LogP contribution in [0.15, 0.2) is 60.7 Å². The lowest BCUT2D eigenvalue weighted by Gasteiger charge is -2.06. The van der Waals surface area contributed by atoms with Gasteiger partial charge in [0.1, 0.15) is 10.6 Å². The SMILES string of the molecule is COC(=O)c1ccc(CCNC(=O)c2sc(-c3ccccc3)cc2OC)cc1. The molecule has 5 nitrogen and oxygen atoms in total. The van der Waals surface area contributed by atoms with Gasteiger partial charge in [-0.25, -0.2) is 4.79 Å². The molecule has 0 fully saturated rings. The first-order valence-corrected chi connectivity index (χ1v) is 9.62. The Labute approximate surface area is 167 Å². The first kappa shape index (κ1) is 19.6. The van der Waals surface area contributed by atoms with Crippen LogP contribution < -0.4 is 10.1 Å². The predicted octanol–water partition coefficient (Wildman–Crippen LogP) is 4.18. The Morgan fingerprint density at radius 3 is 2.36 bits per heavy atom. The Hall–Kier alpha value is -3.12. The van der Waals surface area contributed by atoms with E-state index in [-0.39, 0.29) is 11.9 Å². The number of methoxy groups -OCH3 is 2. The molecule has 0 radical (unpaired) electrons. The maximum Gasteiger partial charge on any atom is 0.337 e. The third kappa shape index (κ3) is 4.58. The van der Waals surface area contributed by atoms with E-state index in [0.29, 0.717) is 29.2 Å². The summed E-state index contributed by atoms with van der Waals surface area (Å²) in [7, 11) is 2.92. The average molecular weight is 395 g/mol. The van der Waals surface area contributed by atoms with Crippen molar-refractivity contribution in [1.29, 1.82) is 0 Å². The van der Waals surface area contributed by atoms with Crippen molar-refractivity contribution in [3.05, 3.63) is 76.7 Å². The van der Waals surface area contributed by atoms with E-state index in [0.717, 1.165) is 16.0 Å². The average Bonchev–Trinajstić information content (AvgIpc) is 3.19. The number of nitrogens with one attached hydrogen (secondary N) is 1. The normalized spacial score (nSPS) is 10.4. The molecule has 0 aliphatic rings. The highest BCUT2D eigenvalue weighted by Gasteiger charge is 2.17. The molecule has 0 unspecified atom stereocenters. The van der Waals surface area contributed by atoms with Crippen LogP contribution in [0.4, 0.5) is 0 Å². The maximum atomic E-state index is 12.6. The van der Waals surface area contributed by atoms with Crippen LogP contribution in [0.1, 0.15) is 25.6 Å². The monoisotopic (exact) mass is 395 g/mol. The summed E-state index contributed by atoms with van der Waals surface area (Å²) in [4.78, 5) is 25.6. The van der Waals surface area contributed by atoms with E-state index in [1.165, 1.54) is 18.4 Å². The van der Waals surface area contributed by atoms with E-state index in [4.69, 9.17) is 4.74 Å². The molecule has 28 heavy (non-hydrogen) atoms. The van der Waals surface area contributed by atoms with Gasteiger partial charge in [0, 0.05) is 11.4 Å². The van der Waals surface area contributed by atoms with Gasteiger partial charge in [-0.2, -0.15) is 0 Å². The number of rotatable bonds is 7. The molecule has 6 heteroatoms. The molecule has 3 aromatic rings. The highest BCUT2D eigenvalue weighted by molar-refractivity contribution is 7.17. The molecule has 1 aromatic heterocycles. The van der Waals surface area contributed by atoms with Gasteiger partial charge in [-0.05, 0) is 35.7 Å². The third-order valence-electron chi connectivity index (χ3n) is 4.26. The van der Waals surface area contributed by atoms with Crippen molar-refractivity contribution in [3.63, 3.8) is 0 Å². The van der Waals surface area contributed by atoms with Crippen molar-refractivity contribution in [2.45, 2.75) is 6.42 Å². The lowest BCUT2D eigenvalue weighted by Crippen LogP contribution is -2.25. The molecule has 0 spiro atoms. The van der Waals surface area contributed by atoms with E-state index >= 15 is 0 Å². The molecule has 0 atom stereocenters. The highest BCUT2D eigenvalue weighted by Crippen LogP contribution is 2.36. The van der Waals surface area contributed by atoms with Crippen LogP contribution in [0.25, 0.3) is 10.4 Å². The molecular formula is C22H21NO4S. The number of carbonyl (C=O) groups is 2. The molecule has 144 valence electrons. The minimum absolute atomic E-state index is 0.157. The van der Waals surface area contributed by atoms with Gasteiger partial charge in [-0.15, -0.1) is 11.3 Å².